The minimum absolute atomic E-state index is 0.0300. The molecule has 28 heavy (non-hydrogen) atoms. The Morgan fingerprint density at radius 1 is 1.14 bits per heavy atom. The molecule has 2 aliphatic heterocycles. The molecule has 1 N–H and O–H groups in total. The fraction of sp³-hybridized carbons (Fsp3) is 0.409. The fourth-order valence-corrected chi connectivity index (χ4v) is 4.29. The lowest BCUT2D eigenvalue weighted by molar-refractivity contribution is 0.0172. The largest absolute Gasteiger partial charge is 0.493 e. The molecule has 1 aromatic heterocycles. The number of aliphatic hydroxyl groups is 1. The Kier molecular flexibility index (Phi) is 4.55. The summed E-state index contributed by atoms with van der Waals surface area (Å²) in [6.07, 6.45) is 3.70. The Balaban J connectivity index is 1.63. The molecule has 3 heterocycles. The maximum absolute atomic E-state index is 10.1. The van der Waals surface area contributed by atoms with Crippen LogP contribution in [0, 0.1) is 0 Å². The summed E-state index contributed by atoms with van der Waals surface area (Å²) in [5.74, 6) is 1.66. The number of rotatable bonds is 5. The van der Waals surface area contributed by atoms with Crippen molar-refractivity contribution in [1.82, 2.24) is 9.55 Å². The third kappa shape index (κ3) is 2.80. The van der Waals surface area contributed by atoms with Crippen molar-refractivity contribution in [2.45, 2.75) is 37.7 Å². The number of fused-ring (bicyclic) bond motifs is 2. The van der Waals surface area contributed by atoms with Crippen molar-refractivity contribution in [3.05, 3.63) is 48.8 Å². The van der Waals surface area contributed by atoms with E-state index in [4.69, 9.17) is 19.2 Å². The molecule has 146 valence electrons. The van der Waals surface area contributed by atoms with Crippen LogP contribution in [0.3, 0.4) is 0 Å². The van der Waals surface area contributed by atoms with Gasteiger partial charge in [-0.2, -0.15) is 0 Å². The van der Waals surface area contributed by atoms with Gasteiger partial charge in [0.25, 0.3) is 0 Å². The Hall–Kier alpha value is -2.41. The van der Waals surface area contributed by atoms with E-state index in [9.17, 15) is 5.11 Å². The van der Waals surface area contributed by atoms with Gasteiger partial charge in [0, 0.05) is 12.4 Å². The Morgan fingerprint density at radius 3 is 2.89 bits per heavy atom. The predicted octanol–water partition coefficient (Wildman–Crippen LogP) is 3.19. The van der Waals surface area contributed by atoms with Gasteiger partial charge in [-0.3, -0.25) is 0 Å². The summed E-state index contributed by atoms with van der Waals surface area (Å²) in [6.45, 7) is 3.56. The standard InChI is InChI=1S/C22H24N2O4/c1-2-11-26-18-8-7-14-5-3-4-6-15(14)19(18)22-23-9-10-24(22)16-12-27-21-17(25)13-28-20(16)21/h3-10,16-17,20-21,25H,2,11-13H2,1H3/t16-,17-,20-,21-/m1/s1. The van der Waals surface area contributed by atoms with Gasteiger partial charge in [-0.15, -0.1) is 0 Å². The first-order valence-electron chi connectivity index (χ1n) is 9.87. The predicted molar refractivity (Wildman–Crippen MR) is 105 cm³/mol. The molecule has 0 spiro atoms. The SMILES string of the molecule is CCCOc1ccc2ccccc2c1-c1nccn1[C@@H]1CO[C@H]2[C@@H]1OC[C@H]2O. The van der Waals surface area contributed by atoms with Gasteiger partial charge in [0.15, 0.2) is 0 Å². The molecule has 2 saturated heterocycles. The molecule has 4 atom stereocenters. The molecule has 0 saturated carbocycles. The van der Waals surface area contributed by atoms with E-state index in [-0.39, 0.29) is 18.2 Å². The summed E-state index contributed by atoms with van der Waals surface area (Å²) in [5.41, 5.74) is 0.985. The molecule has 6 heteroatoms. The summed E-state index contributed by atoms with van der Waals surface area (Å²) in [6, 6.07) is 12.4. The van der Waals surface area contributed by atoms with Gasteiger partial charge in [0.05, 0.1) is 31.4 Å². The number of aromatic nitrogens is 2. The first kappa shape index (κ1) is 17.7. The first-order chi connectivity index (χ1) is 13.8. The molecule has 2 aromatic carbocycles. The van der Waals surface area contributed by atoms with Gasteiger partial charge in [-0.1, -0.05) is 37.3 Å². The van der Waals surface area contributed by atoms with Crippen molar-refractivity contribution < 1.29 is 19.3 Å². The average molecular weight is 380 g/mol. The van der Waals surface area contributed by atoms with Crippen molar-refractivity contribution in [1.29, 1.82) is 0 Å². The summed E-state index contributed by atoms with van der Waals surface area (Å²) < 4.78 is 19.9. The van der Waals surface area contributed by atoms with E-state index in [0.29, 0.717) is 19.8 Å². The van der Waals surface area contributed by atoms with Crippen molar-refractivity contribution in [3.63, 3.8) is 0 Å². The lowest BCUT2D eigenvalue weighted by atomic mass is 10.0. The van der Waals surface area contributed by atoms with Crippen molar-refractivity contribution in [3.8, 4) is 17.1 Å². The van der Waals surface area contributed by atoms with E-state index in [1.54, 1.807) is 6.20 Å². The molecule has 0 unspecified atom stereocenters. The molecule has 0 aliphatic carbocycles. The van der Waals surface area contributed by atoms with Crippen LogP contribution in [0.4, 0.5) is 0 Å². The highest BCUT2D eigenvalue weighted by Crippen LogP contribution is 2.41. The second-order valence-electron chi connectivity index (χ2n) is 7.40. The summed E-state index contributed by atoms with van der Waals surface area (Å²) >= 11 is 0. The third-order valence-corrected chi connectivity index (χ3v) is 5.60. The molecular weight excluding hydrogens is 356 g/mol. The van der Waals surface area contributed by atoms with E-state index in [0.717, 1.165) is 34.3 Å². The first-order valence-corrected chi connectivity index (χ1v) is 9.87. The lowest BCUT2D eigenvalue weighted by Gasteiger charge is -2.21. The quantitative estimate of drug-likeness (QED) is 0.736. The number of nitrogens with zero attached hydrogens (tertiary/aromatic N) is 2. The maximum atomic E-state index is 10.1. The summed E-state index contributed by atoms with van der Waals surface area (Å²) in [4.78, 5) is 4.69. The van der Waals surface area contributed by atoms with Gasteiger partial charge < -0.3 is 23.9 Å². The number of hydrogen-bond acceptors (Lipinski definition) is 5. The van der Waals surface area contributed by atoms with Crippen molar-refractivity contribution >= 4 is 10.8 Å². The second-order valence-corrected chi connectivity index (χ2v) is 7.40. The minimum Gasteiger partial charge on any atom is -0.493 e. The van der Waals surface area contributed by atoms with Gasteiger partial charge in [0.2, 0.25) is 0 Å². The van der Waals surface area contributed by atoms with Gasteiger partial charge in [-0.05, 0) is 23.3 Å². The van der Waals surface area contributed by atoms with Gasteiger partial charge in [0.1, 0.15) is 29.9 Å². The van der Waals surface area contributed by atoms with E-state index >= 15 is 0 Å². The van der Waals surface area contributed by atoms with E-state index in [2.05, 4.69) is 29.7 Å². The Bertz CT molecular complexity index is 986. The summed E-state index contributed by atoms with van der Waals surface area (Å²) in [7, 11) is 0. The van der Waals surface area contributed by atoms with Crippen LogP contribution in [0.1, 0.15) is 19.4 Å². The van der Waals surface area contributed by atoms with Crippen molar-refractivity contribution in [2.75, 3.05) is 19.8 Å². The lowest BCUT2D eigenvalue weighted by Crippen LogP contribution is -2.30. The smallest absolute Gasteiger partial charge is 0.144 e. The molecule has 5 rings (SSSR count). The Morgan fingerprint density at radius 2 is 2.00 bits per heavy atom. The zero-order valence-electron chi connectivity index (χ0n) is 15.8. The van der Waals surface area contributed by atoms with Crippen LogP contribution in [0.15, 0.2) is 48.8 Å². The molecule has 0 bridgehead atoms. The number of imidazole rings is 1. The van der Waals surface area contributed by atoms with Gasteiger partial charge >= 0.3 is 0 Å². The molecule has 3 aromatic rings. The molecule has 2 fully saturated rings. The van der Waals surface area contributed by atoms with Crippen LogP contribution in [-0.4, -0.2) is 52.8 Å². The molecule has 0 radical (unpaired) electrons. The molecule has 2 aliphatic rings. The zero-order valence-corrected chi connectivity index (χ0v) is 15.8. The van der Waals surface area contributed by atoms with E-state index in [1.165, 1.54) is 0 Å². The van der Waals surface area contributed by atoms with Crippen LogP contribution in [0.25, 0.3) is 22.2 Å². The van der Waals surface area contributed by atoms with E-state index in [1.807, 2.05) is 24.4 Å². The maximum Gasteiger partial charge on any atom is 0.144 e. The number of ether oxygens (including phenoxy) is 3. The summed E-state index contributed by atoms with van der Waals surface area (Å²) in [5, 5.41) is 12.3. The fourth-order valence-electron chi connectivity index (χ4n) is 4.29. The number of aliphatic hydroxyl groups excluding tert-OH is 1. The highest BCUT2D eigenvalue weighted by Gasteiger charge is 2.48. The monoisotopic (exact) mass is 380 g/mol. The highest BCUT2D eigenvalue weighted by molar-refractivity contribution is 5.98. The topological polar surface area (TPSA) is 65.7 Å². The van der Waals surface area contributed by atoms with Gasteiger partial charge in [-0.25, -0.2) is 4.98 Å². The van der Waals surface area contributed by atoms with Crippen LogP contribution >= 0.6 is 0 Å². The Labute approximate surface area is 163 Å². The van der Waals surface area contributed by atoms with E-state index < -0.39 is 6.10 Å². The zero-order chi connectivity index (χ0) is 19.1. The number of benzene rings is 2. The van der Waals surface area contributed by atoms with Crippen LogP contribution in [0.5, 0.6) is 5.75 Å². The van der Waals surface area contributed by atoms with Crippen molar-refractivity contribution in [2.24, 2.45) is 0 Å². The van der Waals surface area contributed by atoms with Crippen LogP contribution in [0.2, 0.25) is 0 Å². The third-order valence-electron chi connectivity index (χ3n) is 5.60. The molecule has 0 amide bonds. The highest BCUT2D eigenvalue weighted by atomic mass is 16.6. The van der Waals surface area contributed by atoms with Crippen LogP contribution < -0.4 is 4.74 Å². The molecular formula is C22H24N2O4. The average Bonchev–Trinajstić information content (AvgIpc) is 3.43. The van der Waals surface area contributed by atoms with Crippen LogP contribution in [-0.2, 0) is 9.47 Å². The molecule has 6 nitrogen and oxygen atoms in total. The minimum atomic E-state index is -0.567. The number of hydrogen-bond donors (Lipinski definition) is 1. The second kappa shape index (κ2) is 7.20. The normalized spacial score (nSPS) is 26.6.